The Morgan fingerprint density at radius 2 is 2.00 bits per heavy atom. The van der Waals surface area contributed by atoms with E-state index in [2.05, 4.69) is 25.7 Å². The van der Waals surface area contributed by atoms with Crippen molar-refractivity contribution in [3.05, 3.63) is 35.6 Å². The van der Waals surface area contributed by atoms with E-state index < -0.39 is 0 Å². The predicted molar refractivity (Wildman–Crippen MR) is 76.7 cm³/mol. The number of carbonyl (C=O) groups is 1. The summed E-state index contributed by atoms with van der Waals surface area (Å²) in [6, 6.07) is 0. The van der Waals surface area contributed by atoms with E-state index in [1.54, 1.807) is 6.92 Å². The monoisotopic (exact) mass is 264 g/mol. The summed E-state index contributed by atoms with van der Waals surface area (Å²) in [7, 11) is 0. The molecular weight excluding hydrogens is 240 g/mol. The number of carbonyl (C=O) groups excluding carboxylic acids is 1. The highest BCUT2D eigenvalue weighted by atomic mass is 16.5. The van der Waals surface area contributed by atoms with Gasteiger partial charge >= 0.3 is 5.97 Å². The van der Waals surface area contributed by atoms with Crippen molar-refractivity contribution in [3.63, 3.8) is 0 Å². The van der Waals surface area contributed by atoms with Crippen LogP contribution in [-0.2, 0) is 14.3 Å². The highest BCUT2D eigenvalue weighted by Gasteiger charge is 2.04. The molecule has 3 heteroatoms. The highest BCUT2D eigenvalue weighted by molar-refractivity contribution is 5.86. The second-order valence-corrected chi connectivity index (χ2v) is 4.97. The Bertz CT molecular complexity index is 377. The minimum atomic E-state index is -0.330. The molecule has 0 unspecified atom stereocenters. The summed E-state index contributed by atoms with van der Waals surface area (Å²) >= 11 is 0. The molecule has 0 aromatic rings. The fourth-order valence-electron chi connectivity index (χ4n) is 1.78. The molecule has 1 aliphatic carbocycles. The molecule has 0 amide bonds. The second-order valence-electron chi connectivity index (χ2n) is 4.97. The Morgan fingerprint density at radius 1 is 1.26 bits per heavy atom. The largest absolute Gasteiger partial charge is 0.498 e. The van der Waals surface area contributed by atoms with Crippen LogP contribution in [0, 0.1) is 0 Å². The Labute approximate surface area is 116 Å². The lowest BCUT2D eigenvalue weighted by atomic mass is 10.0. The SMILES string of the molecule is C=C(C)C(=O)OCCCO/C1=C/C=C(/C)CCCC1. The lowest BCUT2D eigenvalue weighted by Crippen LogP contribution is -2.08. The van der Waals surface area contributed by atoms with Crippen molar-refractivity contribution in [1.82, 2.24) is 0 Å². The zero-order chi connectivity index (χ0) is 14.1. The standard InChI is InChI=1S/C16H24O3/c1-13(2)16(17)19-12-6-11-18-15-8-5-4-7-14(3)9-10-15/h9-10H,1,4-8,11-12H2,2-3H3/b14-9-,15-10+. The van der Waals surface area contributed by atoms with Crippen LogP contribution >= 0.6 is 0 Å². The van der Waals surface area contributed by atoms with Crippen molar-refractivity contribution in [1.29, 1.82) is 0 Å². The van der Waals surface area contributed by atoms with Gasteiger partial charge in [0.2, 0.25) is 0 Å². The van der Waals surface area contributed by atoms with Gasteiger partial charge in [-0.2, -0.15) is 0 Å². The molecule has 0 radical (unpaired) electrons. The van der Waals surface area contributed by atoms with Gasteiger partial charge in [0.15, 0.2) is 0 Å². The van der Waals surface area contributed by atoms with Crippen LogP contribution in [0.5, 0.6) is 0 Å². The van der Waals surface area contributed by atoms with Crippen LogP contribution < -0.4 is 0 Å². The molecule has 0 spiro atoms. The van der Waals surface area contributed by atoms with Crippen LogP contribution in [0.2, 0.25) is 0 Å². The third-order valence-electron chi connectivity index (χ3n) is 2.96. The maximum atomic E-state index is 11.1. The normalized spacial score (nSPS) is 21.2. The van der Waals surface area contributed by atoms with Gasteiger partial charge in [-0.05, 0) is 39.2 Å². The van der Waals surface area contributed by atoms with Crippen molar-refractivity contribution in [3.8, 4) is 0 Å². The van der Waals surface area contributed by atoms with E-state index in [1.165, 1.54) is 24.8 Å². The van der Waals surface area contributed by atoms with Crippen LogP contribution in [-0.4, -0.2) is 19.2 Å². The summed E-state index contributed by atoms with van der Waals surface area (Å²) in [5.41, 5.74) is 1.83. The molecule has 0 saturated carbocycles. The molecule has 106 valence electrons. The topological polar surface area (TPSA) is 35.5 Å². The molecule has 0 N–H and O–H groups in total. The quantitative estimate of drug-likeness (QED) is 0.414. The minimum absolute atomic E-state index is 0.330. The van der Waals surface area contributed by atoms with E-state index in [0.29, 0.717) is 25.2 Å². The van der Waals surface area contributed by atoms with Gasteiger partial charge in [-0.3, -0.25) is 0 Å². The van der Waals surface area contributed by atoms with E-state index in [4.69, 9.17) is 9.47 Å². The van der Waals surface area contributed by atoms with Gasteiger partial charge in [0.25, 0.3) is 0 Å². The van der Waals surface area contributed by atoms with Gasteiger partial charge in [-0.15, -0.1) is 0 Å². The first-order chi connectivity index (χ1) is 9.09. The van der Waals surface area contributed by atoms with Crippen molar-refractivity contribution in [2.24, 2.45) is 0 Å². The summed E-state index contributed by atoms with van der Waals surface area (Å²) < 4.78 is 10.7. The number of hydrogen-bond acceptors (Lipinski definition) is 3. The fourth-order valence-corrected chi connectivity index (χ4v) is 1.78. The molecule has 0 saturated heterocycles. The molecule has 0 aromatic heterocycles. The molecule has 3 nitrogen and oxygen atoms in total. The van der Waals surface area contributed by atoms with Crippen LogP contribution in [0.4, 0.5) is 0 Å². The first kappa shape index (κ1) is 15.5. The zero-order valence-corrected chi connectivity index (χ0v) is 12.0. The van der Waals surface area contributed by atoms with Crippen molar-refractivity contribution >= 4 is 5.97 Å². The average Bonchev–Trinajstić information content (AvgIpc) is 2.36. The first-order valence-electron chi connectivity index (χ1n) is 6.91. The van der Waals surface area contributed by atoms with Gasteiger partial charge in [-0.1, -0.05) is 18.2 Å². The van der Waals surface area contributed by atoms with Crippen molar-refractivity contribution < 1.29 is 14.3 Å². The minimum Gasteiger partial charge on any atom is -0.498 e. The summed E-state index contributed by atoms with van der Waals surface area (Å²) in [4.78, 5) is 11.1. The maximum absolute atomic E-state index is 11.1. The molecular formula is C16H24O3. The highest BCUT2D eigenvalue weighted by Crippen LogP contribution is 2.17. The molecule has 0 atom stereocenters. The van der Waals surface area contributed by atoms with Crippen molar-refractivity contribution in [2.75, 3.05) is 13.2 Å². The smallest absolute Gasteiger partial charge is 0.333 e. The third-order valence-corrected chi connectivity index (χ3v) is 2.96. The first-order valence-corrected chi connectivity index (χ1v) is 6.91. The Hall–Kier alpha value is -1.51. The number of ether oxygens (including phenoxy) is 2. The molecule has 19 heavy (non-hydrogen) atoms. The molecule has 1 aliphatic rings. The van der Waals surface area contributed by atoms with Crippen LogP contribution in [0.1, 0.15) is 46.0 Å². The number of allylic oxidation sites excluding steroid dienone is 4. The Balaban J connectivity index is 2.21. The second kappa shape index (κ2) is 8.57. The number of hydrogen-bond donors (Lipinski definition) is 0. The average molecular weight is 264 g/mol. The molecule has 0 aromatic carbocycles. The summed E-state index contributed by atoms with van der Waals surface area (Å²) in [5.74, 6) is 0.703. The van der Waals surface area contributed by atoms with Gasteiger partial charge in [0.1, 0.15) is 0 Å². The van der Waals surface area contributed by atoms with E-state index in [-0.39, 0.29) is 5.97 Å². The summed E-state index contributed by atoms with van der Waals surface area (Å²) in [5, 5.41) is 0. The Kier molecular flexibility index (Phi) is 7.01. The lowest BCUT2D eigenvalue weighted by Gasteiger charge is -2.12. The Morgan fingerprint density at radius 3 is 2.74 bits per heavy atom. The molecule has 0 fully saturated rings. The van der Waals surface area contributed by atoms with Crippen LogP contribution in [0.3, 0.4) is 0 Å². The summed E-state index contributed by atoms with van der Waals surface area (Å²) in [6.07, 6.45) is 9.47. The molecule has 0 aliphatic heterocycles. The third kappa shape index (κ3) is 6.85. The molecule has 0 bridgehead atoms. The lowest BCUT2D eigenvalue weighted by molar-refractivity contribution is -0.139. The predicted octanol–water partition coefficient (Wildman–Crippen LogP) is 3.92. The zero-order valence-electron chi connectivity index (χ0n) is 12.0. The molecule has 0 heterocycles. The van der Waals surface area contributed by atoms with E-state index in [1.807, 2.05) is 0 Å². The van der Waals surface area contributed by atoms with Crippen LogP contribution in [0.25, 0.3) is 0 Å². The van der Waals surface area contributed by atoms with Gasteiger partial charge < -0.3 is 9.47 Å². The maximum Gasteiger partial charge on any atom is 0.333 e. The van der Waals surface area contributed by atoms with Crippen LogP contribution in [0.15, 0.2) is 35.6 Å². The number of esters is 1. The van der Waals surface area contributed by atoms with Gasteiger partial charge in [0.05, 0.1) is 19.0 Å². The number of rotatable bonds is 6. The van der Waals surface area contributed by atoms with E-state index in [9.17, 15) is 4.79 Å². The van der Waals surface area contributed by atoms with E-state index >= 15 is 0 Å². The summed E-state index contributed by atoms with van der Waals surface area (Å²) in [6.45, 7) is 8.30. The van der Waals surface area contributed by atoms with E-state index in [0.717, 1.165) is 12.2 Å². The fraction of sp³-hybridized carbons (Fsp3) is 0.562. The molecule has 1 rings (SSSR count). The van der Waals surface area contributed by atoms with Gasteiger partial charge in [-0.25, -0.2) is 4.79 Å². The van der Waals surface area contributed by atoms with Gasteiger partial charge in [0, 0.05) is 18.4 Å². The van der Waals surface area contributed by atoms with Crippen molar-refractivity contribution in [2.45, 2.75) is 46.0 Å².